The summed E-state index contributed by atoms with van der Waals surface area (Å²) < 4.78 is 5.82. The molecule has 0 N–H and O–H groups in total. The minimum atomic E-state index is 0.170. The van der Waals surface area contributed by atoms with E-state index in [0.717, 1.165) is 25.5 Å². The highest BCUT2D eigenvalue weighted by Crippen LogP contribution is 2.25. The molecule has 80 valence electrons. The molecule has 1 saturated heterocycles. The Morgan fingerprint density at radius 3 is 2.86 bits per heavy atom. The lowest BCUT2D eigenvalue weighted by Crippen LogP contribution is -2.28. The lowest BCUT2D eigenvalue weighted by Gasteiger charge is -2.30. The van der Waals surface area contributed by atoms with Crippen LogP contribution in [-0.4, -0.2) is 18.5 Å². The molecule has 0 unspecified atom stereocenters. The smallest absolute Gasteiger partial charge is 0.122 e. The van der Waals surface area contributed by atoms with Gasteiger partial charge in [-0.25, -0.2) is 0 Å². The van der Waals surface area contributed by atoms with E-state index in [1.54, 1.807) is 0 Å². The Kier molecular flexibility index (Phi) is 4.88. The topological polar surface area (TPSA) is 26.3 Å². The summed E-state index contributed by atoms with van der Waals surface area (Å²) in [5.74, 6) is 0.509. The van der Waals surface area contributed by atoms with Gasteiger partial charge in [0.15, 0.2) is 0 Å². The van der Waals surface area contributed by atoms with Crippen LogP contribution >= 0.6 is 0 Å². The van der Waals surface area contributed by atoms with Gasteiger partial charge in [-0.2, -0.15) is 0 Å². The third kappa shape index (κ3) is 3.62. The van der Waals surface area contributed by atoms with Crippen LogP contribution in [0.1, 0.15) is 39.0 Å². The SMILES string of the molecule is C=C[C@H](C)C[C@H]1CCC[C@@H](CC=O)O1. The fourth-order valence-corrected chi connectivity index (χ4v) is 1.95. The summed E-state index contributed by atoms with van der Waals surface area (Å²) in [6.45, 7) is 5.92. The fourth-order valence-electron chi connectivity index (χ4n) is 1.95. The van der Waals surface area contributed by atoms with E-state index in [0.29, 0.717) is 18.4 Å². The van der Waals surface area contributed by atoms with Crippen molar-refractivity contribution in [2.75, 3.05) is 0 Å². The monoisotopic (exact) mass is 196 g/mol. The van der Waals surface area contributed by atoms with Crippen LogP contribution in [0.3, 0.4) is 0 Å². The zero-order chi connectivity index (χ0) is 10.4. The molecule has 3 atom stereocenters. The number of hydrogen-bond donors (Lipinski definition) is 0. The van der Waals surface area contributed by atoms with E-state index in [4.69, 9.17) is 4.74 Å². The highest BCUT2D eigenvalue weighted by molar-refractivity contribution is 5.50. The third-order valence-corrected chi connectivity index (χ3v) is 2.83. The quantitative estimate of drug-likeness (QED) is 0.499. The molecule has 0 radical (unpaired) electrons. The minimum absolute atomic E-state index is 0.170. The molecular weight excluding hydrogens is 176 g/mol. The average Bonchev–Trinajstić information content (AvgIpc) is 2.19. The van der Waals surface area contributed by atoms with Crippen molar-refractivity contribution in [3.8, 4) is 0 Å². The summed E-state index contributed by atoms with van der Waals surface area (Å²) in [4.78, 5) is 10.4. The molecule has 0 aromatic heterocycles. The molecule has 1 fully saturated rings. The van der Waals surface area contributed by atoms with Crippen molar-refractivity contribution in [2.45, 2.75) is 51.2 Å². The molecule has 1 rings (SSSR count). The zero-order valence-electron chi connectivity index (χ0n) is 8.95. The Bertz CT molecular complexity index is 189. The first kappa shape index (κ1) is 11.4. The van der Waals surface area contributed by atoms with E-state index >= 15 is 0 Å². The van der Waals surface area contributed by atoms with Crippen molar-refractivity contribution < 1.29 is 9.53 Å². The van der Waals surface area contributed by atoms with Crippen LogP contribution in [0.15, 0.2) is 12.7 Å². The Morgan fingerprint density at radius 2 is 2.21 bits per heavy atom. The Hall–Kier alpha value is -0.630. The summed E-state index contributed by atoms with van der Waals surface area (Å²) in [7, 11) is 0. The molecule has 2 nitrogen and oxygen atoms in total. The Balaban J connectivity index is 2.31. The summed E-state index contributed by atoms with van der Waals surface area (Å²) >= 11 is 0. The Morgan fingerprint density at radius 1 is 1.50 bits per heavy atom. The van der Waals surface area contributed by atoms with Crippen molar-refractivity contribution in [2.24, 2.45) is 5.92 Å². The van der Waals surface area contributed by atoms with Crippen LogP contribution in [0, 0.1) is 5.92 Å². The molecule has 0 amide bonds. The number of rotatable bonds is 5. The molecule has 0 aliphatic carbocycles. The molecule has 2 heteroatoms. The summed E-state index contributed by atoms with van der Waals surface area (Å²) in [5.41, 5.74) is 0. The lowest BCUT2D eigenvalue weighted by molar-refractivity contribution is -0.114. The largest absolute Gasteiger partial charge is 0.375 e. The van der Waals surface area contributed by atoms with Gasteiger partial charge in [0, 0.05) is 6.42 Å². The second kappa shape index (κ2) is 5.97. The second-order valence-electron chi connectivity index (χ2n) is 4.16. The number of ether oxygens (including phenoxy) is 1. The molecule has 0 spiro atoms. The van der Waals surface area contributed by atoms with Crippen molar-refractivity contribution in [1.82, 2.24) is 0 Å². The van der Waals surface area contributed by atoms with Gasteiger partial charge in [-0.15, -0.1) is 6.58 Å². The first-order chi connectivity index (χ1) is 6.76. The lowest BCUT2D eigenvalue weighted by atomic mass is 9.95. The van der Waals surface area contributed by atoms with Crippen LogP contribution in [-0.2, 0) is 9.53 Å². The zero-order valence-corrected chi connectivity index (χ0v) is 8.95. The number of allylic oxidation sites excluding steroid dienone is 1. The first-order valence-electron chi connectivity index (χ1n) is 5.48. The maximum atomic E-state index is 10.4. The minimum Gasteiger partial charge on any atom is -0.375 e. The van der Waals surface area contributed by atoms with E-state index in [1.165, 1.54) is 6.42 Å². The highest BCUT2D eigenvalue weighted by atomic mass is 16.5. The number of carbonyl (C=O) groups is 1. The van der Waals surface area contributed by atoms with Gasteiger partial charge in [0.2, 0.25) is 0 Å². The molecule has 1 aliphatic heterocycles. The second-order valence-corrected chi connectivity index (χ2v) is 4.16. The summed E-state index contributed by atoms with van der Waals surface area (Å²) in [6.07, 6.45) is 8.39. The molecule has 0 bridgehead atoms. The van der Waals surface area contributed by atoms with Gasteiger partial charge in [-0.1, -0.05) is 13.0 Å². The highest BCUT2D eigenvalue weighted by Gasteiger charge is 2.22. The van der Waals surface area contributed by atoms with E-state index in [-0.39, 0.29) is 6.10 Å². The normalized spacial score (nSPS) is 29.5. The van der Waals surface area contributed by atoms with Gasteiger partial charge in [0.1, 0.15) is 6.29 Å². The molecule has 0 aromatic rings. The van der Waals surface area contributed by atoms with Crippen LogP contribution in [0.2, 0.25) is 0 Å². The fraction of sp³-hybridized carbons (Fsp3) is 0.750. The van der Waals surface area contributed by atoms with Gasteiger partial charge in [-0.05, 0) is 31.6 Å². The van der Waals surface area contributed by atoms with Crippen LogP contribution in [0.4, 0.5) is 0 Å². The molecule has 14 heavy (non-hydrogen) atoms. The molecule has 0 saturated carbocycles. The van der Waals surface area contributed by atoms with Gasteiger partial charge >= 0.3 is 0 Å². The number of aldehydes is 1. The number of hydrogen-bond acceptors (Lipinski definition) is 2. The van der Waals surface area contributed by atoms with Crippen molar-refractivity contribution in [1.29, 1.82) is 0 Å². The summed E-state index contributed by atoms with van der Waals surface area (Å²) in [5, 5.41) is 0. The molecule has 1 heterocycles. The maximum Gasteiger partial charge on any atom is 0.122 e. The number of carbonyl (C=O) groups excluding carboxylic acids is 1. The van der Waals surface area contributed by atoms with Gasteiger partial charge in [0.05, 0.1) is 12.2 Å². The summed E-state index contributed by atoms with van der Waals surface area (Å²) in [6, 6.07) is 0. The molecule has 0 aromatic carbocycles. The Labute approximate surface area is 86.3 Å². The van der Waals surface area contributed by atoms with Gasteiger partial charge in [-0.3, -0.25) is 0 Å². The van der Waals surface area contributed by atoms with Crippen LogP contribution in [0.25, 0.3) is 0 Å². The van der Waals surface area contributed by atoms with Crippen LogP contribution in [0.5, 0.6) is 0 Å². The third-order valence-electron chi connectivity index (χ3n) is 2.83. The predicted molar refractivity (Wildman–Crippen MR) is 57.2 cm³/mol. The molecular formula is C12H20O2. The van der Waals surface area contributed by atoms with Gasteiger partial charge in [0.25, 0.3) is 0 Å². The first-order valence-corrected chi connectivity index (χ1v) is 5.48. The van der Waals surface area contributed by atoms with Crippen molar-refractivity contribution >= 4 is 6.29 Å². The van der Waals surface area contributed by atoms with Crippen LogP contribution < -0.4 is 0 Å². The maximum absolute atomic E-state index is 10.4. The van der Waals surface area contributed by atoms with E-state index in [2.05, 4.69) is 13.5 Å². The van der Waals surface area contributed by atoms with Crippen molar-refractivity contribution in [3.05, 3.63) is 12.7 Å². The molecule has 1 aliphatic rings. The predicted octanol–water partition coefficient (Wildman–Crippen LogP) is 2.73. The van der Waals surface area contributed by atoms with Gasteiger partial charge < -0.3 is 9.53 Å². The standard InChI is InChI=1S/C12H20O2/c1-3-10(2)9-12-6-4-5-11(14-12)7-8-13/h3,8,10-12H,1,4-7,9H2,2H3/t10-,11-,12+/m0/s1. The average molecular weight is 196 g/mol. The van der Waals surface area contributed by atoms with E-state index in [9.17, 15) is 4.79 Å². The van der Waals surface area contributed by atoms with Crippen molar-refractivity contribution in [3.63, 3.8) is 0 Å². The van der Waals surface area contributed by atoms with E-state index in [1.807, 2.05) is 6.08 Å². The van der Waals surface area contributed by atoms with E-state index < -0.39 is 0 Å².